The van der Waals surface area contributed by atoms with E-state index >= 15 is 0 Å². The van der Waals surface area contributed by atoms with Gasteiger partial charge in [-0.2, -0.15) is 0 Å². The van der Waals surface area contributed by atoms with Crippen molar-refractivity contribution >= 4 is 51.8 Å². The van der Waals surface area contributed by atoms with Crippen LogP contribution in [0, 0.1) is 6.92 Å². The number of carbonyl (C=O) groups excluding carboxylic acids is 2. The molecule has 0 fully saturated rings. The lowest BCUT2D eigenvalue weighted by molar-refractivity contribution is -0.125. The Kier molecular flexibility index (Phi) is 6.11. The van der Waals surface area contributed by atoms with Gasteiger partial charge in [-0.25, -0.2) is 0 Å². The van der Waals surface area contributed by atoms with Crippen LogP contribution >= 0.6 is 23.4 Å². The number of para-hydroxylation sites is 1. The lowest BCUT2D eigenvalue weighted by Gasteiger charge is -2.31. The van der Waals surface area contributed by atoms with E-state index in [0.29, 0.717) is 17.3 Å². The van der Waals surface area contributed by atoms with E-state index in [1.807, 2.05) is 80.7 Å². The Labute approximate surface area is 207 Å². The number of fused-ring (bicyclic) bond motifs is 3. The fraction of sp³-hybridized carbons (Fsp3) is 0.185. The predicted molar refractivity (Wildman–Crippen MR) is 138 cm³/mol. The first-order valence-corrected chi connectivity index (χ1v) is 12.4. The minimum atomic E-state index is -0.829. The van der Waals surface area contributed by atoms with Crippen molar-refractivity contribution < 1.29 is 9.59 Å². The maximum absolute atomic E-state index is 13.9. The molecular formula is C27H24ClN3O2S. The van der Waals surface area contributed by atoms with E-state index in [4.69, 9.17) is 11.6 Å². The smallest absolute Gasteiger partial charge is 0.248 e. The second-order valence-electron chi connectivity index (χ2n) is 8.34. The Hall–Kier alpha value is -3.22. The molecule has 172 valence electrons. The number of benzene rings is 3. The fourth-order valence-corrected chi connectivity index (χ4v) is 5.81. The molecule has 1 aliphatic rings. The zero-order valence-corrected chi connectivity index (χ0v) is 20.5. The second-order valence-corrected chi connectivity index (χ2v) is 9.71. The molecule has 5 nitrogen and oxygen atoms in total. The van der Waals surface area contributed by atoms with Crippen molar-refractivity contribution in [1.29, 1.82) is 0 Å². The van der Waals surface area contributed by atoms with Crippen LogP contribution in [-0.4, -0.2) is 22.1 Å². The van der Waals surface area contributed by atoms with E-state index in [9.17, 15) is 9.59 Å². The van der Waals surface area contributed by atoms with Gasteiger partial charge in [0.05, 0.1) is 10.8 Å². The van der Waals surface area contributed by atoms with Crippen molar-refractivity contribution in [2.24, 2.45) is 7.05 Å². The molecule has 1 atom stereocenters. The number of rotatable bonds is 4. The number of hydrogen-bond donors (Lipinski definition) is 1. The van der Waals surface area contributed by atoms with Crippen LogP contribution in [0.3, 0.4) is 0 Å². The highest BCUT2D eigenvalue weighted by Gasteiger charge is 2.40. The second kappa shape index (κ2) is 9.20. The summed E-state index contributed by atoms with van der Waals surface area (Å²) in [5.74, 6) is -0.127. The van der Waals surface area contributed by atoms with Crippen LogP contribution in [0.5, 0.6) is 0 Å². The first-order chi connectivity index (χ1) is 16.5. The third-order valence-corrected chi connectivity index (χ3v) is 7.85. The van der Waals surface area contributed by atoms with Crippen molar-refractivity contribution in [1.82, 2.24) is 9.88 Å². The van der Waals surface area contributed by atoms with Gasteiger partial charge in [-0.1, -0.05) is 78.0 Å². The van der Waals surface area contributed by atoms with Gasteiger partial charge in [0.2, 0.25) is 11.8 Å². The molecule has 0 bridgehead atoms. The number of aromatic nitrogens is 1. The Morgan fingerprint density at radius 3 is 2.59 bits per heavy atom. The standard InChI is InChI=1S/C27H24ClN3O2S/c1-17-20(28)12-8-14-21(17)31-23(32)16-34-27-24(19-11-6-7-13-22(19)30(27)2)25(31)26(33)29-15-18-9-4-3-5-10-18/h3-14,25H,15-16H2,1-2H3,(H,29,33)/t25-/m0/s1. The van der Waals surface area contributed by atoms with Crippen LogP contribution in [0.1, 0.15) is 22.7 Å². The Morgan fingerprint density at radius 2 is 1.79 bits per heavy atom. The van der Waals surface area contributed by atoms with E-state index in [0.717, 1.165) is 32.6 Å². The number of anilines is 1. The van der Waals surface area contributed by atoms with Gasteiger partial charge in [0.1, 0.15) is 6.04 Å². The SMILES string of the molecule is Cc1c(Cl)cccc1N1C(=O)CSc2c(c3ccccc3n2C)[C@H]1C(=O)NCc1ccccc1. The molecule has 1 aromatic heterocycles. The van der Waals surface area contributed by atoms with Crippen molar-refractivity contribution in [3.63, 3.8) is 0 Å². The van der Waals surface area contributed by atoms with Crippen LogP contribution < -0.4 is 10.2 Å². The van der Waals surface area contributed by atoms with Gasteiger partial charge in [0, 0.05) is 40.8 Å². The number of thioether (sulfide) groups is 1. The van der Waals surface area contributed by atoms with Crippen LogP contribution in [0.25, 0.3) is 10.9 Å². The summed E-state index contributed by atoms with van der Waals surface area (Å²) in [6.45, 7) is 2.26. The van der Waals surface area contributed by atoms with Gasteiger partial charge in [-0.05, 0) is 36.2 Å². The van der Waals surface area contributed by atoms with Crippen LogP contribution in [0.2, 0.25) is 5.02 Å². The van der Waals surface area contributed by atoms with Gasteiger partial charge in [0.25, 0.3) is 0 Å². The molecule has 7 heteroatoms. The average Bonchev–Trinajstić information content (AvgIpc) is 3.03. The monoisotopic (exact) mass is 489 g/mol. The van der Waals surface area contributed by atoms with Gasteiger partial charge in [-0.15, -0.1) is 0 Å². The van der Waals surface area contributed by atoms with E-state index in [-0.39, 0.29) is 17.6 Å². The summed E-state index contributed by atoms with van der Waals surface area (Å²) < 4.78 is 2.08. The highest BCUT2D eigenvalue weighted by molar-refractivity contribution is 8.00. The largest absolute Gasteiger partial charge is 0.350 e. The molecule has 0 spiro atoms. The summed E-state index contributed by atoms with van der Waals surface area (Å²) in [5.41, 5.74) is 4.29. The number of hydrogen-bond acceptors (Lipinski definition) is 3. The summed E-state index contributed by atoms with van der Waals surface area (Å²) in [4.78, 5) is 29.1. The van der Waals surface area contributed by atoms with E-state index < -0.39 is 6.04 Å². The van der Waals surface area contributed by atoms with Gasteiger partial charge in [-0.3, -0.25) is 14.5 Å². The van der Waals surface area contributed by atoms with Crippen molar-refractivity contribution in [3.05, 3.63) is 94.5 Å². The number of amides is 2. The first kappa shape index (κ1) is 22.6. The van der Waals surface area contributed by atoms with Crippen LogP contribution in [0.15, 0.2) is 77.8 Å². The molecule has 0 saturated heterocycles. The lowest BCUT2D eigenvalue weighted by Crippen LogP contribution is -2.44. The van der Waals surface area contributed by atoms with Gasteiger partial charge < -0.3 is 9.88 Å². The summed E-state index contributed by atoms with van der Waals surface area (Å²) >= 11 is 7.91. The zero-order chi connectivity index (χ0) is 23.8. The molecule has 4 aromatic rings. The fourth-order valence-electron chi connectivity index (χ4n) is 4.57. The molecule has 0 aliphatic carbocycles. The molecule has 1 N–H and O–H groups in total. The quantitative estimate of drug-likeness (QED) is 0.404. The van der Waals surface area contributed by atoms with E-state index in [1.54, 1.807) is 11.0 Å². The molecule has 3 aromatic carbocycles. The van der Waals surface area contributed by atoms with Gasteiger partial charge in [0.15, 0.2) is 0 Å². The molecule has 0 unspecified atom stereocenters. The molecular weight excluding hydrogens is 466 g/mol. The third-order valence-electron chi connectivity index (χ3n) is 6.28. The molecule has 1 aliphatic heterocycles. The summed E-state index contributed by atoms with van der Waals surface area (Å²) in [6.07, 6.45) is 0. The molecule has 0 saturated carbocycles. The minimum Gasteiger partial charge on any atom is -0.350 e. The Balaban J connectivity index is 1.68. The summed E-state index contributed by atoms with van der Waals surface area (Å²) in [6, 6.07) is 22.4. The van der Waals surface area contributed by atoms with Crippen LogP contribution in [-0.2, 0) is 23.2 Å². The topological polar surface area (TPSA) is 54.3 Å². The normalized spacial score (nSPS) is 15.8. The Bertz CT molecular complexity index is 1400. The number of nitrogens with zero attached hydrogens (tertiary/aromatic N) is 2. The molecule has 0 radical (unpaired) electrons. The highest BCUT2D eigenvalue weighted by atomic mass is 35.5. The summed E-state index contributed by atoms with van der Waals surface area (Å²) in [7, 11) is 1.98. The molecule has 5 rings (SSSR count). The number of carbonyl (C=O) groups is 2. The maximum Gasteiger partial charge on any atom is 0.248 e. The lowest BCUT2D eigenvalue weighted by atomic mass is 10.0. The Morgan fingerprint density at radius 1 is 1.06 bits per heavy atom. The molecule has 2 amide bonds. The molecule has 2 heterocycles. The zero-order valence-electron chi connectivity index (χ0n) is 18.9. The predicted octanol–water partition coefficient (Wildman–Crippen LogP) is 5.64. The van der Waals surface area contributed by atoms with Crippen molar-refractivity contribution in [2.45, 2.75) is 24.5 Å². The number of halogens is 1. The third kappa shape index (κ3) is 3.87. The maximum atomic E-state index is 13.9. The van der Waals surface area contributed by atoms with E-state index in [1.165, 1.54) is 11.8 Å². The first-order valence-electron chi connectivity index (χ1n) is 11.1. The van der Waals surface area contributed by atoms with E-state index in [2.05, 4.69) is 9.88 Å². The summed E-state index contributed by atoms with van der Waals surface area (Å²) in [5, 5.41) is 5.53. The van der Waals surface area contributed by atoms with Crippen LogP contribution in [0.4, 0.5) is 5.69 Å². The van der Waals surface area contributed by atoms with Crippen molar-refractivity contribution in [3.8, 4) is 0 Å². The molecule has 34 heavy (non-hydrogen) atoms. The number of nitrogens with one attached hydrogen (secondary N) is 1. The average molecular weight is 490 g/mol. The van der Waals surface area contributed by atoms with Crippen molar-refractivity contribution in [2.75, 3.05) is 10.7 Å². The highest BCUT2D eigenvalue weighted by Crippen LogP contribution is 2.44. The number of aryl methyl sites for hydroxylation is 1. The van der Waals surface area contributed by atoms with Gasteiger partial charge >= 0.3 is 0 Å². The minimum absolute atomic E-state index is 0.129.